The molecule has 2 aromatic rings. The van der Waals surface area contributed by atoms with Gasteiger partial charge in [-0.2, -0.15) is 5.10 Å². The first-order chi connectivity index (χ1) is 8.28. The van der Waals surface area contributed by atoms with Crippen LogP contribution in [0.2, 0.25) is 0 Å². The molecule has 5 nitrogen and oxygen atoms in total. The third kappa shape index (κ3) is 1.64. The fourth-order valence-corrected chi connectivity index (χ4v) is 1.92. The first kappa shape index (κ1) is 10.2. The summed E-state index contributed by atoms with van der Waals surface area (Å²) in [6.07, 6.45) is 0. The third-order valence-corrected chi connectivity index (χ3v) is 2.85. The second-order valence-electron chi connectivity index (χ2n) is 4.00. The van der Waals surface area contributed by atoms with Crippen LogP contribution in [0, 0.1) is 6.92 Å². The maximum absolute atomic E-state index is 5.55. The van der Waals surface area contributed by atoms with Gasteiger partial charge >= 0.3 is 0 Å². The standard InChI is InChI=1S/C12H13N3O2/c1-7-2-11-12(17-6-16-11)4-9(7)10-3-8(5-13)14-15-10/h2-4H,5-6,13H2,1H3,(H,14,15). The van der Waals surface area contributed by atoms with E-state index in [9.17, 15) is 0 Å². The number of aryl methyl sites for hydroxylation is 1. The van der Waals surface area contributed by atoms with Crippen LogP contribution < -0.4 is 15.2 Å². The SMILES string of the molecule is Cc1cc2c(cc1-c1cc(CN)[nH]n1)OCO2. The fourth-order valence-electron chi connectivity index (χ4n) is 1.92. The molecule has 17 heavy (non-hydrogen) atoms. The van der Waals surface area contributed by atoms with Crippen LogP contribution in [0.15, 0.2) is 18.2 Å². The molecule has 0 amide bonds. The van der Waals surface area contributed by atoms with E-state index in [0.29, 0.717) is 6.54 Å². The van der Waals surface area contributed by atoms with Crippen LogP contribution in [0.1, 0.15) is 11.3 Å². The smallest absolute Gasteiger partial charge is 0.231 e. The lowest BCUT2D eigenvalue weighted by Crippen LogP contribution is -1.95. The molecule has 0 aliphatic carbocycles. The summed E-state index contributed by atoms with van der Waals surface area (Å²) in [6.45, 7) is 2.76. The summed E-state index contributed by atoms with van der Waals surface area (Å²) in [5, 5.41) is 7.14. The average molecular weight is 231 g/mol. The maximum Gasteiger partial charge on any atom is 0.231 e. The molecule has 0 spiro atoms. The van der Waals surface area contributed by atoms with Gasteiger partial charge in [0.2, 0.25) is 6.79 Å². The van der Waals surface area contributed by atoms with E-state index >= 15 is 0 Å². The quantitative estimate of drug-likeness (QED) is 0.822. The molecule has 0 saturated carbocycles. The minimum Gasteiger partial charge on any atom is -0.454 e. The van der Waals surface area contributed by atoms with E-state index < -0.39 is 0 Å². The van der Waals surface area contributed by atoms with Gasteiger partial charge in [-0.05, 0) is 30.7 Å². The fraction of sp³-hybridized carbons (Fsp3) is 0.250. The highest BCUT2D eigenvalue weighted by molar-refractivity contribution is 5.68. The minimum absolute atomic E-state index is 0.285. The average Bonchev–Trinajstić information content (AvgIpc) is 2.94. The molecular weight excluding hydrogens is 218 g/mol. The second-order valence-corrected chi connectivity index (χ2v) is 4.00. The molecule has 3 N–H and O–H groups in total. The number of nitrogens with two attached hydrogens (primary N) is 1. The molecule has 1 aliphatic heterocycles. The Morgan fingerprint density at radius 3 is 2.76 bits per heavy atom. The van der Waals surface area contributed by atoms with Crippen molar-refractivity contribution in [3.8, 4) is 22.8 Å². The molecular formula is C12H13N3O2. The number of hydrogen-bond donors (Lipinski definition) is 2. The van der Waals surface area contributed by atoms with Gasteiger partial charge in [0, 0.05) is 17.8 Å². The number of ether oxygens (including phenoxy) is 2. The lowest BCUT2D eigenvalue weighted by Gasteiger charge is -2.04. The van der Waals surface area contributed by atoms with Gasteiger partial charge in [0.25, 0.3) is 0 Å². The van der Waals surface area contributed by atoms with Gasteiger partial charge in [-0.1, -0.05) is 0 Å². The number of hydrogen-bond acceptors (Lipinski definition) is 4. The van der Waals surface area contributed by atoms with E-state index in [1.54, 1.807) is 0 Å². The molecule has 0 radical (unpaired) electrons. The van der Waals surface area contributed by atoms with Crippen molar-refractivity contribution in [3.05, 3.63) is 29.5 Å². The number of nitrogens with one attached hydrogen (secondary N) is 1. The van der Waals surface area contributed by atoms with Gasteiger partial charge in [0.15, 0.2) is 11.5 Å². The molecule has 2 heterocycles. The summed E-state index contributed by atoms with van der Waals surface area (Å²) < 4.78 is 10.7. The predicted molar refractivity (Wildman–Crippen MR) is 62.8 cm³/mol. The van der Waals surface area contributed by atoms with Crippen molar-refractivity contribution in [2.24, 2.45) is 5.73 Å². The molecule has 0 fully saturated rings. The highest BCUT2D eigenvalue weighted by atomic mass is 16.7. The first-order valence-electron chi connectivity index (χ1n) is 5.43. The molecule has 88 valence electrons. The number of fused-ring (bicyclic) bond motifs is 1. The number of H-pyrrole nitrogens is 1. The van der Waals surface area contributed by atoms with Gasteiger partial charge < -0.3 is 15.2 Å². The van der Waals surface area contributed by atoms with Gasteiger partial charge in [-0.15, -0.1) is 0 Å². The van der Waals surface area contributed by atoms with Crippen molar-refractivity contribution in [2.75, 3.05) is 6.79 Å². The lowest BCUT2D eigenvalue weighted by molar-refractivity contribution is 0.174. The van der Waals surface area contributed by atoms with Crippen molar-refractivity contribution in [1.82, 2.24) is 10.2 Å². The molecule has 3 rings (SSSR count). The van der Waals surface area contributed by atoms with Crippen molar-refractivity contribution in [1.29, 1.82) is 0 Å². The van der Waals surface area contributed by atoms with E-state index in [1.807, 2.05) is 25.1 Å². The van der Waals surface area contributed by atoms with Crippen LogP contribution in [0.3, 0.4) is 0 Å². The van der Waals surface area contributed by atoms with Crippen LogP contribution in [0.25, 0.3) is 11.3 Å². The zero-order valence-corrected chi connectivity index (χ0v) is 9.49. The number of aromatic nitrogens is 2. The van der Waals surface area contributed by atoms with Crippen LogP contribution in [0.4, 0.5) is 0 Å². The summed E-state index contributed by atoms with van der Waals surface area (Å²) in [7, 11) is 0. The Balaban J connectivity index is 2.08. The van der Waals surface area contributed by atoms with Gasteiger partial charge in [0.1, 0.15) is 0 Å². The Hall–Kier alpha value is -2.01. The summed E-state index contributed by atoms with van der Waals surface area (Å²) >= 11 is 0. The summed E-state index contributed by atoms with van der Waals surface area (Å²) in [5.74, 6) is 1.56. The van der Waals surface area contributed by atoms with Crippen molar-refractivity contribution in [2.45, 2.75) is 13.5 Å². The van der Waals surface area contributed by atoms with Crippen molar-refractivity contribution >= 4 is 0 Å². The van der Waals surface area contributed by atoms with Gasteiger partial charge in [0.05, 0.1) is 5.69 Å². The monoisotopic (exact) mass is 231 g/mol. The van der Waals surface area contributed by atoms with E-state index in [2.05, 4.69) is 10.2 Å². The zero-order chi connectivity index (χ0) is 11.8. The van der Waals surface area contributed by atoms with Crippen molar-refractivity contribution < 1.29 is 9.47 Å². The lowest BCUT2D eigenvalue weighted by atomic mass is 10.0. The Morgan fingerprint density at radius 1 is 1.29 bits per heavy atom. The summed E-state index contributed by atoms with van der Waals surface area (Å²) in [4.78, 5) is 0. The molecule has 0 saturated heterocycles. The van der Waals surface area contributed by atoms with Gasteiger partial charge in [-0.25, -0.2) is 0 Å². The van der Waals surface area contributed by atoms with Crippen LogP contribution >= 0.6 is 0 Å². The number of benzene rings is 1. The molecule has 1 aromatic heterocycles. The van der Waals surface area contributed by atoms with E-state index in [1.165, 1.54) is 0 Å². The van der Waals surface area contributed by atoms with E-state index in [-0.39, 0.29) is 6.79 Å². The first-order valence-corrected chi connectivity index (χ1v) is 5.43. The second kappa shape index (κ2) is 3.78. The molecule has 0 atom stereocenters. The summed E-state index contributed by atoms with van der Waals surface area (Å²) in [5.41, 5.74) is 9.48. The highest BCUT2D eigenvalue weighted by Gasteiger charge is 2.17. The Labute approximate surface area is 98.5 Å². The van der Waals surface area contributed by atoms with Gasteiger partial charge in [-0.3, -0.25) is 5.10 Å². The van der Waals surface area contributed by atoms with Crippen LogP contribution in [-0.2, 0) is 6.54 Å². The largest absolute Gasteiger partial charge is 0.454 e. The molecule has 1 aliphatic rings. The molecule has 0 bridgehead atoms. The predicted octanol–water partition coefficient (Wildman–Crippen LogP) is 1.57. The Kier molecular flexibility index (Phi) is 2.26. The van der Waals surface area contributed by atoms with Crippen LogP contribution in [0.5, 0.6) is 11.5 Å². The summed E-state index contributed by atoms with van der Waals surface area (Å²) in [6, 6.07) is 5.87. The third-order valence-electron chi connectivity index (χ3n) is 2.85. The minimum atomic E-state index is 0.285. The normalized spacial score (nSPS) is 13.1. The van der Waals surface area contributed by atoms with Crippen molar-refractivity contribution in [3.63, 3.8) is 0 Å². The number of rotatable bonds is 2. The number of aromatic amines is 1. The Morgan fingerprint density at radius 2 is 2.06 bits per heavy atom. The topological polar surface area (TPSA) is 73.2 Å². The molecule has 1 aromatic carbocycles. The van der Waals surface area contributed by atoms with E-state index in [4.69, 9.17) is 15.2 Å². The number of nitrogens with zero attached hydrogens (tertiary/aromatic N) is 1. The molecule has 0 unspecified atom stereocenters. The molecule has 5 heteroatoms. The zero-order valence-electron chi connectivity index (χ0n) is 9.49. The highest BCUT2D eigenvalue weighted by Crippen LogP contribution is 2.37. The maximum atomic E-state index is 5.55. The van der Waals surface area contributed by atoms with Crippen LogP contribution in [-0.4, -0.2) is 17.0 Å². The van der Waals surface area contributed by atoms with E-state index in [0.717, 1.165) is 34.0 Å². The Bertz CT molecular complexity index is 563.